The molecular weight excluding hydrogens is 264 g/mol. The number of pyridine rings is 1. The van der Waals surface area contributed by atoms with Crippen molar-refractivity contribution in [3.8, 4) is 0 Å². The smallest absolute Gasteiger partial charge is 0.223 e. The fourth-order valence-corrected chi connectivity index (χ4v) is 2.34. The van der Waals surface area contributed by atoms with Crippen LogP contribution in [-0.4, -0.2) is 32.6 Å². The molecule has 0 aromatic carbocycles. The van der Waals surface area contributed by atoms with Crippen molar-refractivity contribution in [2.45, 2.75) is 33.2 Å². The number of hydrogen-bond donors (Lipinski definition) is 0. The standard InChI is InChI=1S/C16H22N4O/c1-12-15(13(2)20(4)18-12)11-19(3)16(21)9-8-14-7-5-6-10-17-14/h5-7,10H,8-9,11H2,1-4H3. The zero-order chi connectivity index (χ0) is 15.4. The highest BCUT2D eigenvalue weighted by atomic mass is 16.2. The molecule has 0 aliphatic carbocycles. The van der Waals surface area contributed by atoms with E-state index >= 15 is 0 Å². The first-order chi connectivity index (χ1) is 9.99. The Morgan fingerprint density at radius 2 is 2.10 bits per heavy atom. The number of hydrogen-bond acceptors (Lipinski definition) is 3. The van der Waals surface area contributed by atoms with E-state index in [2.05, 4.69) is 10.1 Å². The van der Waals surface area contributed by atoms with Crippen molar-refractivity contribution < 1.29 is 4.79 Å². The molecule has 0 spiro atoms. The maximum Gasteiger partial charge on any atom is 0.223 e. The third-order valence-electron chi connectivity index (χ3n) is 3.80. The molecule has 0 fully saturated rings. The summed E-state index contributed by atoms with van der Waals surface area (Å²) in [4.78, 5) is 18.2. The molecule has 0 saturated carbocycles. The normalized spacial score (nSPS) is 10.7. The summed E-state index contributed by atoms with van der Waals surface area (Å²) in [7, 11) is 3.77. The molecule has 0 radical (unpaired) electrons. The highest BCUT2D eigenvalue weighted by Crippen LogP contribution is 2.14. The zero-order valence-electron chi connectivity index (χ0n) is 13.1. The second kappa shape index (κ2) is 6.52. The van der Waals surface area contributed by atoms with Crippen LogP contribution < -0.4 is 0 Å². The van der Waals surface area contributed by atoms with Gasteiger partial charge in [-0.15, -0.1) is 0 Å². The molecule has 0 atom stereocenters. The molecule has 2 heterocycles. The number of nitrogens with zero attached hydrogens (tertiary/aromatic N) is 4. The van der Waals surface area contributed by atoms with Crippen LogP contribution >= 0.6 is 0 Å². The molecule has 5 heteroatoms. The summed E-state index contributed by atoms with van der Waals surface area (Å²) in [5.74, 6) is 0.128. The largest absolute Gasteiger partial charge is 0.341 e. The molecule has 0 N–H and O–H groups in total. The number of carbonyl (C=O) groups is 1. The maximum absolute atomic E-state index is 12.2. The molecule has 2 aromatic rings. The molecule has 5 nitrogen and oxygen atoms in total. The van der Waals surface area contributed by atoms with Crippen molar-refractivity contribution in [2.24, 2.45) is 7.05 Å². The highest BCUT2D eigenvalue weighted by molar-refractivity contribution is 5.76. The van der Waals surface area contributed by atoms with Crippen LogP contribution in [0.3, 0.4) is 0 Å². The SMILES string of the molecule is Cc1nn(C)c(C)c1CN(C)C(=O)CCc1ccccn1. The number of aromatic nitrogens is 3. The Balaban J connectivity index is 1.93. The molecule has 112 valence electrons. The lowest BCUT2D eigenvalue weighted by Gasteiger charge is -2.17. The van der Waals surface area contributed by atoms with Gasteiger partial charge in [-0.25, -0.2) is 0 Å². The summed E-state index contributed by atoms with van der Waals surface area (Å²) in [5.41, 5.74) is 4.18. The van der Waals surface area contributed by atoms with E-state index in [9.17, 15) is 4.79 Å². The van der Waals surface area contributed by atoms with E-state index in [0.29, 0.717) is 19.4 Å². The zero-order valence-corrected chi connectivity index (χ0v) is 13.1. The third-order valence-corrected chi connectivity index (χ3v) is 3.80. The first kappa shape index (κ1) is 15.2. The van der Waals surface area contributed by atoms with Gasteiger partial charge in [0.25, 0.3) is 0 Å². The highest BCUT2D eigenvalue weighted by Gasteiger charge is 2.15. The van der Waals surface area contributed by atoms with Crippen molar-refractivity contribution in [3.63, 3.8) is 0 Å². The predicted molar refractivity (Wildman–Crippen MR) is 81.7 cm³/mol. The van der Waals surface area contributed by atoms with Crippen LogP contribution in [0, 0.1) is 13.8 Å². The number of rotatable bonds is 5. The Morgan fingerprint density at radius 3 is 2.67 bits per heavy atom. The fraction of sp³-hybridized carbons (Fsp3) is 0.438. The summed E-state index contributed by atoms with van der Waals surface area (Å²) < 4.78 is 1.86. The van der Waals surface area contributed by atoms with Crippen molar-refractivity contribution in [1.29, 1.82) is 0 Å². The van der Waals surface area contributed by atoms with Crippen LogP contribution in [0.2, 0.25) is 0 Å². The van der Waals surface area contributed by atoms with E-state index < -0.39 is 0 Å². The Morgan fingerprint density at radius 1 is 1.33 bits per heavy atom. The number of aryl methyl sites for hydroxylation is 3. The molecule has 0 saturated heterocycles. The second-order valence-corrected chi connectivity index (χ2v) is 5.34. The van der Waals surface area contributed by atoms with E-state index in [1.54, 1.807) is 11.1 Å². The molecule has 2 rings (SSSR count). The Kier molecular flexibility index (Phi) is 4.73. The van der Waals surface area contributed by atoms with Crippen LogP contribution in [0.5, 0.6) is 0 Å². The van der Waals surface area contributed by atoms with E-state index in [1.165, 1.54) is 0 Å². The number of carbonyl (C=O) groups excluding carboxylic acids is 1. The van der Waals surface area contributed by atoms with Crippen LogP contribution in [0.25, 0.3) is 0 Å². The van der Waals surface area contributed by atoms with E-state index in [0.717, 1.165) is 22.6 Å². The summed E-state index contributed by atoms with van der Waals surface area (Å²) in [5, 5.41) is 4.39. The fourth-order valence-electron chi connectivity index (χ4n) is 2.34. The van der Waals surface area contributed by atoms with Crippen LogP contribution in [0.15, 0.2) is 24.4 Å². The van der Waals surface area contributed by atoms with Crippen molar-refractivity contribution in [2.75, 3.05) is 7.05 Å². The average molecular weight is 286 g/mol. The molecule has 0 bridgehead atoms. The lowest BCUT2D eigenvalue weighted by atomic mass is 10.1. The van der Waals surface area contributed by atoms with Crippen molar-refractivity contribution >= 4 is 5.91 Å². The molecule has 0 aliphatic rings. The molecular formula is C16H22N4O. The third kappa shape index (κ3) is 3.68. The molecule has 2 aromatic heterocycles. The van der Waals surface area contributed by atoms with Gasteiger partial charge in [0.1, 0.15) is 0 Å². The molecule has 0 aliphatic heterocycles. The Labute approximate surface area is 125 Å². The lowest BCUT2D eigenvalue weighted by Crippen LogP contribution is -2.27. The van der Waals surface area contributed by atoms with Crippen LogP contribution in [0.1, 0.15) is 29.1 Å². The Hall–Kier alpha value is -2.17. The number of amides is 1. The lowest BCUT2D eigenvalue weighted by molar-refractivity contribution is -0.130. The molecule has 21 heavy (non-hydrogen) atoms. The Bertz CT molecular complexity index is 619. The van der Waals surface area contributed by atoms with Crippen LogP contribution in [0.4, 0.5) is 0 Å². The monoisotopic (exact) mass is 286 g/mol. The quantitative estimate of drug-likeness (QED) is 0.845. The first-order valence-corrected chi connectivity index (χ1v) is 7.12. The predicted octanol–water partition coefficient (Wildman–Crippen LogP) is 2.02. The van der Waals surface area contributed by atoms with Crippen molar-refractivity contribution in [3.05, 3.63) is 47.0 Å². The minimum absolute atomic E-state index is 0.128. The molecule has 0 unspecified atom stereocenters. The van der Waals surface area contributed by atoms with Gasteiger partial charge < -0.3 is 4.90 Å². The van der Waals surface area contributed by atoms with E-state index in [1.807, 2.05) is 50.8 Å². The van der Waals surface area contributed by atoms with Crippen LogP contribution in [-0.2, 0) is 24.8 Å². The van der Waals surface area contributed by atoms with Crippen molar-refractivity contribution in [1.82, 2.24) is 19.7 Å². The maximum atomic E-state index is 12.2. The van der Waals surface area contributed by atoms with Gasteiger partial charge in [0.05, 0.1) is 5.69 Å². The first-order valence-electron chi connectivity index (χ1n) is 7.12. The van der Waals surface area contributed by atoms with Gasteiger partial charge in [-0.1, -0.05) is 6.07 Å². The second-order valence-electron chi connectivity index (χ2n) is 5.34. The van der Waals surface area contributed by atoms with Gasteiger partial charge in [-0.3, -0.25) is 14.5 Å². The minimum Gasteiger partial charge on any atom is -0.341 e. The van der Waals surface area contributed by atoms with Gasteiger partial charge in [-0.05, 0) is 32.4 Å². The summed E-state index contributed by atoms with van der Waals surface area (Å²) in [6, 6.07) is 5.77. The van der Waals surface area contributed by atoms with Gasteiger partial charge >= 0.3 is 0 Å². The topological polar surface area (TPSA) is 51.0 Å². The van der Waals surface area contributed by atoms with Gasteiger partial charge in [-0.2, -0.15) is 5.10 Å². The minimum atomic E-state index is 0.128. The van der Waals surface area contributed by atoms with E-state index in [4.69, 9.17) is 0 Å². The summed E-state index contributed by atoms with van der Waals surface area (Å²) in [6.07, 6.45) is 2.91. The van der Waals surface area contributed by atoms with E-state index in [-0.39, 0.29) is 5.91 Å². The van der Waals surface area contributed by atoms with Gasteiger partial charge in [0.2, 0.25) is 5.91 Å². The average Bonchev–Trinajstić information content (AvgIpc) is 2.72. The summed E-state index contributed by atoms with van der Waals surface area (Å²) >= 11 is 0. The molecule has 1 amide bonds. The van der Waals surface area contributed by atoms with Gasteiger partial charge in [0.15, 0.2) is 0 Å². The van der Waals surface area contributed by atoms with Gasteiger partial charge in [0, 0.05) is 50.2 Å². The summed E-state index contributed by atoms with van der Waals surface area (Å²) in [6.45, 7) is 4.61.